The van der Waals surface area contributed by atoms with E-state index in [0.717, 1.165) is 11.1 Å². The molecule has 0 N–H and O–H groups in total. The molecule has 0 spiro atoms. The van der Waals surface area contributed by atoms with Crippen LogP contribution in [0.5, 0.6) is 0 Å². The maximum absolute atomic E-state index is 3.37. The van der Waals surface area contributed by atoms with Crippen molar-refractivity contribution < 1.29 is 0 Å². The lowest BCUT2D eigenvalue weighted by atomic mass is 9.88. The highest BCUT2D eigenvalue weighted by molar-refractivity contribution is 5.75. The Balaban J connectivity index is 2.54. The maximum Gasteiger partial charge on any atom is 0.0277 e. The summed E-state index contributed by atoms with van der Waals surface area (Å²) in [7, 11) is 0. The minimum absolute atomic E-state index is 0.0106. The number of hydrogen-bond donors (Lipinski definition) is 0. The zero-order valence-corrected chi connectivity index (χ0v) is 19.3. The highest BCUT2D eigenvalue weighted by Gasteiger charge is 2.13. The fourth-order valence-corrected chi connectivity index (χ4v) is 3.01. The second-order valence-corrected chi connectivity index (χ2v) is 9.82. The highest BCUT2D eigenvalue weighted by Crippen LogP contribution is 2.32. The van der Waals surface area contributed by atoms with Crippen molar-refractivity contribution in [3.05, 3.63) is 57.6 Å². The fourth-order valence-electron chi connectivity index (χ4n) is 3.01. The number of rotatable bonds is 1. The van der Waals surface area contributed by atoms with Crippen LogP contribution in [0.1, 0.15) is 74.9 Å². The summed E-state index contributed by atoms with van der Waals surface area (Å²) in [6.07, 6.45) is 0. The molecular formula is C28H34. The van der Waals surface area contributed by atoms with E-state index in [1.54, 1.807) is 0 Å². The lowest BCUT2D eigenvalue weighted by molar-refractivity contribution is 0.570. The molecule has 0 fully saturated rings. The van der Waals surface area contributed by atoms with Crippen molar-refractivity contribution in [2.24, 2.45) is 10.8 Å². The second kappa shape index (κ2) is 7.89. The fraction of sp³-hybridized carbons (Fsp3) is 0.429. The van der Waals surface area contributed by atoms with Crippen LogP contribution in [-0.4, -0.2) is 0 Å². The van der Waals surface area contributed by atoms with Gasteiger partial charge in [-0.2, -0.15) is 0 Å². The molecule has 0 amide bonds. The third-order valence-corrected chi connectivity index (χ3v) is 5.01. The Hall–Kier alpha value is -2.44. The predicted octanol–water partition coefficient (Wildman–Crippen LogP) is 7.38. The molecule has 0 aliphatic rings. The van der Waals surface area contributed by atoms with Crippen LogP contribution in [0.2, 0.25) is 0 Å². The van der Waals surface area contributed by atoms with Gasteiger partial charge >= 0.3 is 0 Å². The lowest BCUT2D eigenvalue weighted by Gasteiger charge is -2.16. The zero-order valence-electron chi connectivity index (χ0n) is 19.3. The molecule has 0 aliphatic heterocycles. The van der Waals surface area contributed by atoms with Crippen molar-refractivity contribution in [3.63, 3.8) is 0 Å². The first kappa shape index (κ1) is 21.9. The minimum atomic E-state index is 0.0106. The van der Waals surface area contributed by atoms with Crippen LogP contribution < -0.4 is 0 Å². The van der Waals surface area contributed by atoms with Crippen molar-refractivity contribution in [1.29, 1.82) is 0 Å². The van der Waals surface area contributed by atoms with Crippen molar-refractivity contribution in [1.82, 2.24) is 0 Å². The van der Waals surface area contributed by atoms with Gasteiger partial charge in [0.25, 0.3) is 0 Å². The van der Waals surface area contributed by atoms with Gasteiger partial charge in [0.1, 0.15) is 0 Å². The number of benzene rings is 2. The van der Waals surface area contributed by atoms with Crippen LogP contribution in [0.4, 0.5) is 0 Å². The van der Waals surface area contributed by atoms with Crippen LogP contribution in [0.25, 0.3) is 11.1 Å². The largest absolute Gasteiger partial charge is 0.0919 e. The number of hydrogen-bond acceptors (Lipinski definition) is 0. The molecule has 2 rings (SSSR count). The summed E-state index contributed by atoms with van der Waals surface area (Å²) in [6.45, 7) is 21.6. The van der Waals surface area contributed by atoms with E-state index in [4.69, 9.17) is 0 Å². The predicted molar refractivity (Wildman–Crippen MR) is 123 cm³/mol. The molecule has 2 aromatic carbocycles. The molecule has 0 radical (unpaired) electrons. The first-order chi connectivity index (χ1) is 12.8. The summed E-state index contributed by atoms with van der Waals surface area (Å²) < 4.78 is 0. The standard InChI is InChI=1S/C28H34/c1-19-21(3)25(13-11-23(19)15-17-27(5,6)7)26-14-12-24(20(2)22(26)4)16-18-28(8,9)10/h11-14H,1-10H3. The van der Waals surface area contributed by atoms with Crippen molar-refractivity contribution in [2.45, 2.75) is 69.2 Å². The molecule has 0 heterocycles. The maximum atomic E-state index is 3.37. The summed E-state index contributed by atoms with van der Waals surface area (Å²) in [5, 5.41) is 0. The average molecular weight is 371 g/mol. The van der Waals surface area contributed by atoms with Crippen LogP contribution in [0.15, 0.2) is 24.3 Å². The zero-order chi connectivity index (χ0) is 21.3. The molecule has 28 heavy (non-hydrogen) atoms. The molecule has 0 unspecified atom stereocenters. The van der Waals surface area contributed by atoms with E-state index < -0.39 is 0 Å². The third kappa shape index (κ3) is 5.30. The molecule has 0 aromatic heterocycles. The normalized spacial score (nSPS) is 11.4. The summed E-state index contributed by atoms with van der Waals surface area (Å²) in [5.41, 5.74) is 9.98. The van der Waals surface area contributed by atoms with Gasteiger partial charge in [-0.25, -0.2) is 0 Å². The summed E-state index contributed by atoms with van der Waals surface area (Å²) >= 11 is 0. The Labute approximate surface area is 172 Å². The molecule has 0 bridgehead atoms. The van der Waals surface area contributed by atoms with Gasteiger partial charge in [-0.1, -0.05) is 35.8 Å². The van der Waals surface area contributed by atoms with E-state index in [9.17, 15) is 0 Å². The highest BCUT2D eigenvalue weighted by atomic mass is 14.2. The van der Waals surface area contributed by atoms with Gasteiger partial charge in [0.05, 0.1) is 0 Å². The van der Waals surface area contributed by atoms with E-state index in [1.165, 1.54) is 33.4 Å². The first-order valence-corrected chi connectivity index (χ1v) is 10.1. The van der Waals surface area contributed by atoms with E-state index in [1.807, 2.05) is 0 Å². The molecule has 2 aromatic rings. The van der Waals surface area contributed by atoms with Gasteiger partial charge in [-0.15, -0.1) is 0 Å². The Morgan fingerprint density at radius 2 is 0.821 bits per heavy atom. The van der Waals surface area contributed by atoms with Crippen LogP contribution >= 0.6 is 0 Å². The average Bonchev–Trinajstić information content (AvgIpc) is 2.56. The van der Waals surface area contributed by atoms with Gasteiger partial charge in [0.15, 0.2) is 0 Å². The molecule has 0 aliphatic carbocycles. The van der Waals surface area contributed by atoms with Gasteiger partial charge in [-0.05, 0) is 115 Å². The van der Waals surface area contributed by atoms with E-state index >= 15 is 0 Å². The van der Waals surface area contributed by atoms with E-state index in [2.05, 4.69) is 117 Å². The van der Waals surface area contributed by atoms with Gasteiger partial charge < -0.3 is 0 Å². The molecule has 0 heteroatoms. The van der Waals surface area contributed by atoms with Crippen molar-refractivity contribution in [2.75, 3.05) is 0 Å². The molecule has 146 valence electrons. The van der Waals surface area contributed by atoms with Crippen LogP contribution in [0, 0.1) is 62.2 Å². The van der Waals surface area contributed by atoms with E-state index in [-0.39, 0.29) is 10.8 Å². The Kier molecular flexibility index (Phi) is 6.16. The van der Waals surface area contributed by atoms with Crippen molar-refractivity contribution in [3.8, 4) is 34.8 Å². The Bertz CT molecular complexity index is 925. The third-order valence-electron chi connectivity index (χ3n) is 5.01. The molecule has 0 saturated heterocycles. The Morgan fingerprint density at radius 3 is 1.11 bits per heavy atom. The molecule has 0 saturated carbocycles. The molecule has 0 atom stereocenters. The quantitative estimate of drug-likeness (QED) is 0.459. The first-order valence-electron chi connectivity index (χ1n) is 10.1. The van der Waals surface area contributed by atoms with Gasteiger partial charge in [0, 0.05) is 22.0 Å². The van der Waals surface area contributed by atoms with E-state index in [0.29, 0.717) is 0 Å². The van der Waals surface area contributed by atoms with Gasteiger partial charge in [0.2, 0.25) is 0 Å². The SMILES string of the molecule is Cc1c(C#CC(C)(C)C)ccc(-c2ccc(C#CC(C)(C)C)c(C)c2C)c1C. The summed E-state index contributed by atoms with van der Waals surface area (Å²) in [5.74, 6) is 13.4. The van der Waals surface area contributed by atoms with Crippen molar-refractivity contribution >= 4 is 0 Å². The monoisotopic (exact) mass is 370 g/mol. The Morgan fingerprint density at radius 1 is 0.500 bits per heavy atom. The topological polar surface area (TPSA) is 0 Å². The van der Waals surface area contributed by atoms with Crippen LogP contribution in [0.3, 0.4) is 0 Å². The summed E-state index contributed by atoms with van der Waals surface area (Å²) in [6, 6.07) is 8.77. The lowest BCUT2D eigenvalue weighted by Crippen LogP contribution is -2.01. The second-order valence-electron chi connectivity index (χ2n) is 9.82. The van der Waals surface area contributed by atoms with Crippen LogP contribution in [-0.2, 0) is 0 Å². The smallest absolute Gasteiger partial charge is 0.0277 e. The molecular weight excluding hydrogens is 336 g/mol. The molecule has 0 nitrogen and oxygen atoms in total. The minimum Gasteiger partial charge on any atom is -0.0919 e. The van der Waals surface area contributed by atoms with Gasteiger partial charge in [-0.3, -0.25) is 0 Å². The summed E-state index contributed by atoms with van der Waals surface area (Å²) in [4.78, 5) is 0.